The summed E-state index contributed by atoms with van der Waals surface area (Å²) in [6.45, 7) is 15.0. The fourth-order valence-electron chi connectivity index (χ4n) is 1.96. The Hall–Kier alpha value is -0.770. The summed E-state index contributed by atoms with van der Waals surface area (Å²) in [6, 6.07) is 0. The van der Waals surface area contributed by atoms with Crippen LogP contribution in [0.1, 0.15) is 47.0 Å². The first-order chi connectivity index (χ1) is 8.78. The number of nitrogens with zero attached hydrogens (tertiary/aromatic N) is 2. The lowest BCUT2D eigenvalue weighted by molar-refractivity contribution is 0.273. The molecule has 0 fully saturated rings. The molecule has 0 spiro atoms. The second-order valence-corrected chi connectivity index (χ2v) is 4.49. The molecule has 0 aliphatic heterocycles. The van der Waals surface area contributed by atoms with Gasteiger partial charge in [0.1, 0.15) is 0 Å². The maximum absolute atomic E-state index is 4.56. The lowest BCUT2D eigenvalue weighted by atomic mass is 10.3. The standard InChI is InChI=1S/C14H32N4/c1-5-11-18(12-6-2)13-9-10-17-14(15-7-3)16-8-4/h5-13H2,1-4H3,(H2,15,16,17). The summed E-state index contributed by atoms with van der Waals surface area (Å²) in [5.41, 5.74) is 0. The van der Waals surface area contributed by atoms with E-state index in [2.05, 4.69) is 48.2 Å². The van der Waals surface area contributed by atoms with Crippen molar-refractivity contribution in [2.75, 3.05) is 39.3 Å². The minimum atomic E-state index is 0.902. The van der Waals surface area contributed by atoms with Gasteiger partial charge in [0.25, 0.3) is 0 Å². The van der Waals surface area contributed by atoms with Crippen LogP contribution in [0.25, 0.3) is 0 Å². The molecule has 0 bridgehead atoms. The van der Waals surface area contributed by atoms with Gasteiger partial charge in [-0.3, -0.25) is 4.99 Å². The van der Waals surface area contributed by atoms with Crippen LogP contribution in [0.15, 0.2) is 4.99 Å². The van der Waals surface area contributed by atoms with E-state index in [1.54, 1.807) is 0 Å². The zero-order valence-corrected chi connectivity index (χ0v) is 12.8. The van der Waals surface area contributed by atoms with E-state index in [-0.39, 0.29) is 0 Å². The maximum Gasteiger partial charge on any atom is 0.191 e. The number of nitrogens with one attached hydrogen (secondary N) is 2. The smallest absolute Gasteiger partial charge is 0.191 e. The van der Waals surface area contributed by atoms with Gasteiger partial charge in [0.05, 0.1) is 0 Å². The van der Waals surface area contributed by atoms with Crippen molar-refractivity contribution in [3.8, 4) is 0 Å². The molecule has 0 saturated heterocycles. The predicted molar refractivity (Wildman–Crippen MR) is 81.3 cm³/mol. The fraction of sp³-hybridized carbons (Fsp3) is 0.929. The van der Waals surface area contributed by atoms with Crippen LogP contribution in [0.4, 0.5) is 0 Å². The molecule has 108 valence electrons. The summed E-state index contributed by atoms with van der Waals surface area (Å²) >= 11 is 0. The van der Waals surface area contributed by atoms with Gasteiger partial charge in [-0.1, -0.05) is 13.8 Å². The molecule has 0 aliphatic carbocycles. The number of hydrogen-bond donors (Lipinski definition) is 2. The highest BCUT2D eigenvalue weighted by Gasteiger charge is 2.01. The van der Waals surface area contributed by atoms with Gasteiger partial charge in [0, 0.05) is 19.6 Å². The second kappa shape index (κ2) is 12.7. The minimum Gasteiger partial charge on any atom is -0.357 e. The van der Waals surface area contributed by atoms with Gasteiger partial charge in [0.2, 0.25) is 0 Å². The van der Waals surface area contributed by atoms with E-state index in [1.807, 2.05) is 0 Å². The average molecular weight is 256 g/mol. The van der Waals surface area contributed by atoms with E-state index >= 15 is 0 Å². The summed E-state index contributed by atoms with van der Waals surface area (Å²) in [7, 11) is 0. The van der Waals surface area contributed by atoms with Crippen molar-refractivity contribution >= 4 is 5.96 Å². The van der Waals surface area contributed by atoms with Crippen molar-refractivity contribution in [1.82, 2.24) is 15.5 Å². The topological polar surface area (TPSA) is 39.7 Å². The SMILES string of the molecule is CCCN(CCC)CCCN=C(NCC)NCC. The zero-order chi connectivity index (χ0) is 13.6. The van der Waals surface area contributed by atoms with E-state index in [0.717, 1.165) is 38.6 Å². The van der Waals surface area contributed by atoms with Crippen LogP contribution in [0.2, 0.25) is 0 Å². The van der Waals surface area contributed by atoms with Crippen molar-refractivity contribution in [2.24, 2.45) is 4.99 Å². The maximum atomic E-state index is 4.56. The van der Waals surface area contributed by atoms with E-state index < -0.39 is 0 Å². The van der Waals surface area contributed by atoms with Crippen molar-refractivity contribution < 1.29 is 0 Å². The lowest BCUT2D eigenvalue weighted by Crippen LogP contribution is -2.37. The summed E-state index contributed by atoms with van der Waals surface area (Å²) in [6.07, 6.45) is 3.62. The third-order valence-corrected chi connectivity index (χ3v) is 2.67. The van der Waals surface area contributed by atoms with Crippen molar-refractivity contribution in [3.63, 3.8) is 0 Å². The third kappa shape index (κ3) is 9.28. The summed E-state index contributed by atoms with van der Waals surface area (Å²) < 4.78 is 0. The van der Waals surface area contributed by atoms with Crippen molar-refractivity contribution in [3.05, 3.63) is 0 Å². The molecular formula is C14H32N4. The molecule has 0 radical (unpaired) electrons. The number of aliphatic imine (C=N–C) groups is 1. The minimum absolute atomic E-state index is 0.902. The normalized spacial score (nSPS) is 10.5. The molecule has 0 aromatic heterocycles. The molecule has 0 atom stereocenters. The second-order valence-electron chi connectivity index (χ2n) is 4.49. The van der Waals surface area contributed by atoms with Crippen molar-refractivity contribution in [2.45, 2.75) is 47.0 Å². The molecule has 18 heavy (non-hydrogen) atoms. The summed E-state index contributed by atoms with van der Waals surface area (Å²) in [5.74, 6) is 0.942. The molecule has 0 unspecified atom stereocenters. The van der Waals surface area contributed by atoms with E-state index in [0.29, 0.717) is 0 Å². The van der Waals surface area contributed by atoms with Crippen LogP contribution in [-0.2, 0) is 0 Å². The highest BCUT2D eigenvalue weighted by atomic mass is 15.2. The number of rotatable bonds is 10. The lowest BCUT2D eigenvalue weighted by Gasteiger charge is -2.20. The van der Waals surface area contributed by atoms with E-state index in [9.17, 15) is 0 Å². The van der Waals surface area contributed by atoms with E-state index in [1.165, 1.54) is 25.9 Å². The van der Waals surface area contributed by atoms with Crippen LogP contribution >= 0.6 is 0 Å². The molecule has 2 N–H and O–H groups in total. The fourth-order valence-corrected chi connectivity index (χ4v) is 1.96. The Morgan fingerprint density at radius 3 is 1.89 bits per heavy atom. The molecule has 0 rings (SSSR count). The van der Waals surface area contributed by atoms with Gasteiger partial charge < -0.3 is 15.5 Å². The molecule has 0 saturated carbocycles. The number of guanidine groups is 1. The van der Waals surface area contributed by atoms with Crippen LogP contribution in [0.3, 0.4) is 0 Å². The van der Waals surface area contributed by atoms with Crippen LogP contribution in [-0.4, -0.2) is 50.1 Å². The van der Waals surface area contributed by atoms with Crippen LogP contribution < -0.4 is 10.6 Å². The Morgan fingerprint density at radius 2 is 1.44 bits per heavy atom. The van der Waals surface area contributed by atoms with Crippen LogP contribution in [0.5, 0.6) is 0 Å². The molecule has 0 heterocycles. The quantitative estimate of drug-likeness (QED) is 0.357. The largest absolute Gasteiger partial charge is 0.357 e. The van der Waals surface area contributed by atoms with E-state index in [4.69, 9.17) is 0 Å². The zero-order valence-electron chi connectivity index (χ0n) is 12.8. The Labute approximate surface area is 113 Å². The van der Waals surface area contributed by atoms with Crippen molar-refractivity contribution in [1.29, 1.82) is 0 Å². The molecule has 0 amide bonds. The molecular weight excluding hydrogens is 224 g/mol. The van der Waals surface area contributed by atoms with Gasteiger partial charge in [-0.2, -0.15) is 0 Å². The first-order valence-electron chi connectivity index (χ1n) is 7.52. The average Bonchev–Trinajstić information content (AvgIpc) is 2.35. The monoisotopic (exact) mass is 256 g/mol. The molecule has 0 aliphatic rings. The molecule has 0 aromatic carbocycles. The van der Waals surface area contributed by atoms with Gasteiger partial charge >= 0.3 is 0 Å². The Kier molecular flexibility index (Phi) is 12.1. The highest BCUT2D eigenvalue weighted by Crippen LogP contribution is 1.96. The summed E-state index contributed by atoms with van der Waals surface area (Å²) in [5, 5.41) is 6.49. The van der Waals surface area contributed by atoms with Crippen LogP contribution in [0, 0.1) is 0 Å². The molecule has 0 aromatic rings. The van der Waals surface area contributed by atoms with Gasteiger partial charge in [-0.05, 0) is 52.7 Å². The predicted octanol–water partition coefficient (Wildman–Crippen LogP) is 2.07. The first kappa shape index (κ1) is 17.2. The third-order valence-electron chi connectivity index (χ3n) is 2.67. The molecule has 4 heteroatoms. The number of hydrogen-bond acceptors (Lipinski definition) is 2. The van der Waals surface area contributed by atoms with Gasteiger partial charge in [-0.15, -0.1) is 0 Å². The van der Waals surface area contributed by atoms with Gasteiger partial charge in [-0.25, -0.2) is 0 Å². The Bertz CT molecular complexity index is 190. The molecule has 4 nitrogen and oxygen atoms in total. The first-order valence-corrected chi connectivity index (χ1v) is 7.52. The highest BCUT2D eigenvalue weighted by molar-refractivity contribution is 5.79. The summed E-state index contributed by atoms with van der Waals surface area (Å²) in [4.78, 5) is 7.10. The Balaban J connectivity index is 3.87. The Morgan fingerprint density at radius 1 is 0.889 bits per heavy atom. The van der Waals surface area contributed by atoms with Gasteiger partial charge in [0.15, 0.2) is 5.96 Å².